The third-order valence-electron chi connectivity index (χ3n) is 4.82. The summed E-state index contributed by atoms with van der Waals surface area (Å²) in [6.07, 6.45) is 9.23. The van der Waals surface area contributed by atoms with Crippen LogP contribution in [0.5, 0.6) is 0 Å². The minimum atomic E-state index is -0.443. The molecule has 1 N–H and O–H groups in total. The lowest BCUT2D eigenvalue weighted by Gasteiger charge is -2.43. The molecule has 0 saturated heterocycles. The Bertz CT molecular complexity index is 559. The molecule has 2 aliphatic rings. The molecule has 0 radical (unpaired) electrons. The van der Waals surface area contributed by atoms with E-state index in [0.717, 1.165) is 49.1 Å². The monoisotopic (exact) mass is 318 g/mol. The fourth-order valence-corrected chi connectivity index (χ4v) is 3.78. The fourth-order valence-electron chi connectivity index (χ4n) is 3.43. The Hall–Kier alpha value is -1.49. The first-order valence-electron chi connectivity index (χ1n) is 8.01. The maximum Gasteiger partial charge on any atom is 0.309 e. The molecule has 3 rings (SSSR count). The predicted molar refractivity (Wildman–Crippen MR) is 88.6 cm³/mol. The van der Waals surface area contributed by atoms with Crippen LogP contribution in [-0.2, 0) is 14.9 Å². The van der Waals surface area contributed by atoms with Gasteiger partial charge in [0.05, 0.1) is 16.3 Å². The van der Waals surface area contributed by atoms with E-state index in [2.05, 4.69) is 10.3 Å². The molecule has 1 aromatic heterocycles. The van der Waals surface area contributed by atoms with E-state index in [4.69, 9.17) is 17.0 Å². The van der Waals surface area contributed by atoms with E-state index in [1.54, 1.807) is 6.20 Å². The van der Waals surface area contributed by atoms with Gasteiger partial charge in [0.15, 0.2) is 0 Å². The average molecular weight is 318 g/mol. The second-order valence-corrected chi connectivity index (χ2v) is 6.65. The summed E-state index contributed by atoms with van der Waals surface area (Å²) in [4.78, 5) is 17.2. The first-order chi connectivity index (χ1) is 10.7. The number of esters is 1. The summed E-state index contributed by atoms with van der Waals surface area (Å²) in [6.45, 7) is 0. The van der Waals surface area contributed by atoms with E-state index in [1.807, 2.05) is 25.4 Å². The second kappa shape index (κ2) is 6.32. The number of nitrogens with zero attached hydrogens (tertiary/aromatic N) is 1. The zero-order valence-corrected chi connectivity index (χ0v) is 13.7. The molecule has 0 aromatic carbocycles. The lowest BCUT2D eigenvalue weighted by atomic mass is 9.67. The molecule has 22 heavy (non-hydrogen) atoms. The summed E-state index contributed by atoms with van der Waals surface area (Å²) in [7, 11) is 1.84. The van der Waals surface area contributed by atoms with E-state index < -0.39 is 5.41 Å². The summed E-state index contributed by atoms with van der Waals surface area (Å²) in [6, 6.07) is 3.96. The number of hydrogen-bond donors (Lipinski definition) is 1. The van der Waals surface area contributed by atoms with Crippen molar-refractivity contribution >= 4 is 23.2 Å². The topological polar surface area (TPSA) is 51.2 Å². The Balaban J connectivity index is 1.96. The van der Waals surface area contributed by atoms with Gasteiger partial charge in [-0.15, -0.1) is 0 Å². The van der Waals surface area contributed by atoms with E-state index in [0.29, 0.717) is 0 Å². The van der Waals surface area contributed by atoms with Gasteiger partial charge in [-0.3, -0.25) is 9.78 Å². The smallest absolute Gasteiger partial charge is 0.309 e. The number of carbonyl (C=O) groups is 1. The van der Waals surface area contributed by atoms with E-state index in [1.165, 1.54) is 0 Å². The number of rotatable bonds is 4. The van der Waals surface area contributed by atoms with Crippen LogP contribution in [0.4, 0.5) is 0 Å². The van der Waals surface area contributed by atoms with Crippen LogP contribution in [0, 0.1) is 5.92 Å². The van der Waals surface area contributed by atoms with Gasteiger partial charge < -0.3 is 10.1 Å². The van der Waals surface area contributed by atoms with Crippen LogP contribution in [0.2, 0.25) is 0 Å². The number of likely N-dealkylation sites (N-methyl/N-ethyl adjacent to an activating group) is 1. The Kier molecular flexibility index (Phi) is 4.43. The van der Waals surface area contributed by atoms with Crippen LogP contribution in [0.1, 0.15) is 44.1 Å². The second-order valence-electron chi connectivity index (χ2n) is 6.24. The van der Waals surface area contributed by atoms with Crippen LogP contribution < -0.4 is 5.32 Å². The summed E-state index contributed by atoms with van der Waals surface area (Å²) >= 11 is 5.65. The lowest BCUT2D eigenvalue weighted by molar-refractivity contribution is -0.154. The SMILES string of the molecule is CNC(=S)C1(c2cccnc2)CCCCC1OC(=O)C1CC1. The fraction of sp³-hybridized carbons (Fsp3) is 0.588. The molecule has 1 aromatic rings. The van der Waals surface area contributed by atoms with Crippen molar-refractivity contribution in [3.8, 4) is 0 Å². The van der Waals surface area contributed by atoms with Crippen LogP contribution in [0.15, 0.2) is 24.5 Å². The largest absolute Gasteiger partial charge is 0.461 e. The molecule has 2 unspecified atom stereocenters. The number of ether oxygens (including phenoxy) is 1. The van der Waals surface area contributed by atoms with Gasteiger partial charge in [-0.1, -0.05) is 24.7 Å². The molecule has 5 heteroatoms. The number of pyridine rings is 1. The molecule has 0 amide bonds. The number of carbonyl (C=O) groups excluding carboxylic acids is 1. The van der Waals surface area contributed by atoms with E-state index in [9.17, 15) is 4.79 Å². The first kappa shape index (κ1) is 15.4. The maximum atomic E-state index is 12.2. The highest BCUT2D eigenvalue weighted by Crippen LogP contribution is 2.43. The van der Waals surface area contributed by atoms with Gasteiger partial charge in [-0.25, -0.2) is 0 Å². The normalized spacial score (nSPS) is 28.0. The molecule has 118 valence electrons. The van der Waals surface area contributed by atoms with Crippen LogP contribution in [-0.4, -0.2) is 29.1 Å². The van der Waals surface area contributed by atoms with Gasteiger partial charge >= 0.3 is 5.97 Å². The van der Waals surface area contributed by atoms with Crippen LogP contribution >= 0.6 is 12.2 Å². The average Bonchev–Trinajstić information content (AvgIpc) is 3.40. The first-order valence-corrected chi connectivity index (χ1v) is 8.42. The number of thiocarbonyl (C=S) groups is 1. The van der Waals surface area contributed by atoms with Crippen molar-refractivity contribution in [2.75, 3.05) is 7.05 Å². The minimum Gasteiger partial charge on any atom is -0.461 e. The third kappa shape index (κ3) is 2.74. The molecule has 2 atom stereocenters. The molecule has 2 aliphatic carbocycles. The number of nitrogens with one attached hydrogen (secondary N) is 1. The molecule has 0 spiro atoms. The molecule has 0 bridgehead atoms. The number of hydrogen-bond acceptors (Lipinski definition) is 4. The summed E-state index contributed by atoms with van der Waals surface area (Å²) in [5, 5.41) is 3.13. The molecule has 2 saturated carbocycles. The van der Waals surface area contributed by atoms with E-state index in [-0.39, 0.29) is 18.0 Å². The standard InChI is InChI=1S/C17H22N2O2S/c1-18-16(22)17(13-5-4-10-19-11-13)9-3-2-6-14(17)21-15(20)12-7-8-12/h4-5,10-12,14H,2-3,6-9H2,1H3,(H,18,22). The Morgan fingerprint density at radius 3 is 2.86 bits per heavy atom. The van der Waals surface area contributed by atoms with Crippen molar-refractivity contribution in [3.63, 3.8) is 0 Å². The summed E-state index contributed by atoms with van der Waals surface area (Å²) in [5.74, 6) is 0.0516. The minimum absolute atomic E-state index is 0.0564. The molecular weight excluding hydrogens is 296 g/mol. The maximum absolute atomic E-state index is 12.2. The van der Waals surface area contributed by atoms with Gasteiger partial charge in [0.1, 0.15) is 6.10 Å². The van der Waals surface area contributed by atoms with Gasteiger partial charge in [-0.2, -0.15) is 0 Å². The van der Waals surface area contributed by atoms with E-state index >= 15 is 0 Å². The zero-order chi connectivity index (χ0) is 15.6. The highest BCUT2D eigenvalue weighted by atomic mass is 32.1. The molecule has 0 aliphatic heterocycles. The highest BCUT2D eigenvalue weighted by molar-refractivity contribution is 7.80. The third-order valence-corrected chi connectivity index (χ3v) is 5.38. The number of aromatic nitrogens is 1. The Labute approximate surface area is 136 Å². The zero-order valence-electron chi connectivity index (χ0n) is 12.9. The van der Waals surface area contributed by atoms with Gasteiger partial charge in [0.25, 0.3) is 0 Å². The molecular formula is C17H22N2O2S. The molecule has 2 fully saturated rings. The summed E-state index contributed by atoms with van der Waals surface area (Å²) < 4.78 is 5.91. The van der Waals surface area contributed by atoms with Crippen molar-refractivity contribution in [2.45, 2.75) is 50.0 Å². The highest BCUT2D eigenvalue weighted by Gasteiger charge is 2.49. The Morgan fingerprint density at radius 1 is 1.41 bits per heavy atom. The molecule has 4 nitrogen and oxygen atoms in total. The van der Waals surface area contributed by atoms with Crippen molar-refractivity contribution in [2.24, 2.45) is 5.92 Å². The lowest BCUT2D eigenvalue weighted by Crippen LogP contribution is -2.54. The van der Waals surface area contributed by atoms with Crippen LogP contribution in [0.25, 0.3) is 0 Å². The van der Waals surface area contributed by atoms with Gasteiger partial charge in [-0.05, 0) is 43.7 Å². The van der Waals surface area contributed by atoms with Crippen molar-refractivity contribution in [3.05, 3.63) is 30.1 Å². The Morgan fingerprint density at radius 2 is 2.23 bits per heavy atom. The van der Waals surface area contributed by atoms with Gasteiger partial charge in [0.2, 0.25) is 0 Å². The van der Waals surface area contributed by atoms with Crippen LogP contribution in [0.3, 0.4) is 0 Å². The van der Waals surface area contributed by atoms with Crippen molar-refractivity contribution in [1.29, 1.82) is 0 Å². The predicted octanol–water partition coefficient (Wildman–Crippen LogP) is 2.76. The van der Waals surface area contributed by atoms with Crippen molar-refractivity contribution in [1.82, 2.24) is 10.3 Å². The van der Waals surface area contributed by atoms with Crippen molar-refractivity contribution < 1.29 is 9.53 Å². The summed E-state index contributed by atoms with van der Waals surface area (Å²) in [5.41, 5.74) is 0.601. The quantitative estimate of drug-likeness (QED) is 0.683. The molecule has 1 heterocycles. The van der Waals surface area contributed by atoms with Gasteiger partial charge in [0, 0.05) is 19.4 Å².